The average molecular weight is 259 g/mol. The number of rotatable bonds is 6. The van der Waals surface area contributed by atoms with Gasteiger partial charge in [-0.1, -0.05) is 6.92 Å². The first kappa shape index (κ1) is 16.2. The minimum atomic E-state index is -1.07. The van der Waals surface area contributed by atoms with Crippen LogP contribution in [0.2, 0.25) is 0 Å². The highest BCUT2D eigenvalue weighted by molar-refractivity contribution is 5.85. The van der Waals surface area contributed by atoms with Crippen LogP contribution >= 0.6 is 0 Å². The van der Waals surface area contributed by atoms with Crippen LogP contribution in [0.1, 0.15) is 20.3 Å². The Morgan fingerprint density at radius 1 is 1.28 bits per heavy atom. The average Bonchev–Trinajstić information content (AvgIpc) is 2.33. The molecule has 0 radical (unpaired) electrons. The molecule has 0 aromatic heterocycles. The van der Waals surface area contributed by atoms with E-state index >= 15 is 0 Å². The molecule has 0 heterocycles. The lowest BCUT2D eigenvalue weighted by atomic mass is 10.2. The number of hydrogen-bond donors (Lipinski definition) is 2. The molecule has 0 saturated carbocycles. The number of urea groups is 1. The lowest BCUT2D eigenvalue weighted by Crippen LogP contribution is -2.50. The molecule has 0 saturated heterocycles. The van der Waals surface area contributed by atoms with E-state index in [4.69, 9.17) is 5.11 Å². The quantitative estimate of drug-likeness (QED) is 0.701. The number of aliphatic carboxylic acids is 1. The molecule has 104 valence electrons. The zero-order valence-electron chi connectivity index (χ0n) is 11.3. The Morgan fingerprint density at radius 2 is 1.83 bits per heavy atom. The van der Waals surface area contributed by atoms with E-state index in [0.29, 0.717) is 6.42 Å². The molecule has 0 rings (SSSR count). The molecular weight excluding hydrogens is 238 g/mol. The maximum absolute atomic E-state index is 12.0. The lowest BCUT2D eigenvalue weighted by molar-refractivity contribution is -0.138. The Balaban J connectivity index is 4.73. The molecule has 0 fully saturated rings. The molecule has 7 nitrogen and oxygen atoms in total. The number of carboxylic acid groups (broad SMARTS) is 1. The van der Waals surface area contributed by atoms with Crippen LogP contribution in [0.4, 0.5) is 4.79 Å². The number of nitrogens with one attached hydrogen (secondary N) is 1. The Hall–Kier alpha value is -1.79. The van der Waals surface area contributed by atoms with E-state index < -0.39 is 12.0 Å². The molecule has 0 aliphatic heterocycles. The number of hydrogen-bond acceptors (Lipinski definition) is 3. The highest BCUT2D eigenvalue weighted by Gasteiger charge is 2.25. The number of nitrogens with zero attached hydrogens (tertiary/aromatic N) is 2. The molecule has 0 spiro atoms. The zero-order valence-corrected chi connectivity index (χ0v) is 11.3. The normalized spacial score (nSPS) is 11.6. The van der Waals surface area contributed by atoms with Gasteiger partial charge in [0.05, 0.1) is 0 Å². The summed E-state index contributed by atoms with van der Waals surface area (Å²) in [5.41, 5.74) is 0. The summed E-state index contributed by atoms with van der Waals surface area (Å²) in [6.07, 6.45) is 0.646. The molecule has 0 aliphatic carbocycles. The number of carbonyl (C=O) groups is 3. The summed E-state index contributed by atoms with van der Waals surface area (Å²) < 4.78 is 0. The fraction of sp³-hybridized carbons (Fsp3) is 0.727. The van der Waals surface area contributed by atoms with E-state index in [1.165, 1.54) is 23.9 Å². The Bertz CT molecular complexity index is 319. The van der Waals surface area contributed by atoms with Crippen molar-refractivity contribution in [3.05, 3.63) is 0 Å². The van der Waals surface area contributed by atoms with Gasteiger partial charge in [0.1, 0.15) is 13.1 Å². The third-order valence-electron chi connectivity index (χ3n) is 2.66. The minimum Gasteiger partial charge on any atom is -0.480 e. The molecule has 1 unspecified atom stereocenters. The van der Waals surface area contributed by atoms with Crippen molar-refractivity contribution >= 4 is 17.9 Å². The molecule has 3 amide bonds. The molecule has 18 heavy (non-hydrogen) atoms. The van der Waals surface area contributed by atoms with Crippen molar-refractivity contribution in [2.45, 2.75) is 26.3 Å². The standard InChI is InChI=1S/C11H21N3O4/c1-5-8(2)14(7-10(16)17)11(18)13(4)6-9(15)12-3/h8H,5-7H2,1-4H3,(H,12,15)(H,16,17). The van der Waals surface area contributed by atoms with Gasteiger partial charge in [-0.2, -0.15) is 0 Å². The van der Waals surface area contributed by atoms with Crippen LogP contribution in [0, 0.1) is 0 Å². The largest absolute Gasteiger partial charge is 0.480 e. The Kier molecular flexibility index (Phi) is 6.77. The van der Waals surface area contributed by atoms with E-state index in [1.54, 1.807) is 6.92 Å². The second-order valence-corrected chi connectivity index (χ2v) is 4.09. The van der Waals surface area contributed by atoms with Gasteiger partial charge in [0.2, 0.25) is 5.91 Å². The van der Waals surface area contributed by atoms with Crippen molar-refractivity contribution in [1.82, 2.24) is 15.1 Å². The molecule has 1 atom stereocenters. The topological polar surface area (TPSA) is 90.0 Å². The molecule has 0 bridgehead atoms. The van der Waals surface area contributed by atoms with E-state index in [9.17, 15) is 14.4 Å². The first-order valence-electron chi connectivity index (χ1n) is 5.77. The van der Waals surface area contributed by atoms with E-state index in [0.717, 1.165) is 0 Å². The fourth-order valence-corrected chi connectivity index (χ4v) is 1.36. The van der Waals surface area contributed by atoms with Gasteiger partial charge in [-0.05, 0) is 13.3 Å². The summed E-state index contributed by atoms with van der Waals surface area (Å²) in [7, 11) is 2.94. The van der Waals surface area contributed by atoms with Gasteiger partial charge in [0, 0.05) is 20.1 Å². The third kappa shape index (κ3) is 5.03. The molecule has 0 aromatic rings. The fourth-order valence-electron chi connectivity index (χ4n) is 1.36. The summed E-state index contributed by atoms with van der Waals surface area (Å²) in [4.78, 5) is 36.4. The van der Waals surface area contributed by atoms with Crippen LogP contribution < -0.4 is 5.32 Å². The predicted molar refractivity (Wildman–Crippen MR) is 66.2 cm³/mol. The second kappa shape index (κ2) is 7.52. The summed E-state index contributed by atoms with van der Waals surface area (Å²) in [5.74, 6) is -1.37. The molecule has 0 aromatic carbocycles. The Labute approximate surface area is 107 Å². The van der Waals surface area contributed by atoms with E-state index in [2.05, 4.69) is 5.32 Å². The number of amides is 3. The predicted octanol–water partition coefficient (Wildman–Crippen LogP) is -0.0307. The molecular formula is C11H21N3O4. The van der Waals surface area contributed by atoms with Crippen LogP contribution in [-0.4, -0.2) is 66.0 Å². The van der Waals surface area contributed by atoms with Gasteiger partial charge in [-0.3, -0.25) is 9.59 Å². The SMILES string of the molecule is CCC(C)N(CC(=O)O)C(=O)N(C)CC(=O)NC. The van der Waals surface area contributed by atoms with Crippen LogP contribution in [0.15, 0.2) is 0 Å². The maximum Gasteiger partial charge on any atom is 0.323 e. The van der Waals surface area contributed by atoms with E-state index in [-0.39, 0.29) is 25.0 Å². The van der Waals surface area contributed by atoms with Crippen LogP contribution in [0.3, 0.4) is 0 Å². The smallest absolute Gasteiger partial charge is 0.323 e. The summed E-state index contributed by atoms with van der Waals surface area (Å²) in [6.45, 7) is 3.17. The van der Waals surface area contributed by atoms with Crippen molar-refractivity contribution in [2.24, 2.45) is 0 Å². The zero-order chi connectivity index (χ0) is 14.3. The summed E-state index contributed by atoms with van der Waals surface area (Å²) >= 11 is 0. The van der Waals surface area contributed by atoms with Gasteiger partial charge in [-0.15, -0.1) is 0 Å². The number of carbonyl (C=O) groups excluding carboxylic acids is 2. The van der Waals surface area contributed by atoms with Crippen molar-refractivity contribution in [2.75, 3.05) is 27.2 Å². The Morgan fingerprint density at radius 3 is 2.22 bits per heavy atom. The number of likely N-dealkylation sites (N-methyl/N-ethyl adjacent to an activating group) is 2. The lowest BCUT2D eigenvalue weighted by Gasteiger charge is -2.31. The number of carboxylic acids is 1. The van der Waals surface area contributed by atoms with Crippen molar-refractivity contribution in [3.63, 3.8) is 0 Å². The molecule has 2 N–H and O–H groups in total. The molecule has 7 heteroatoms. The van der Waals surface area contributed by atoms with Gasteiger partial charge in [0.15, 0.2) is 0 Å². The van der Waals surface area contributed by atoms with Crippen LogP contribution in [-0.2, 0) is 9.59 Å². The third-order valence-corrected chi connectivity index (χ3v) is 2.66. The highest BCUT2D eigenvalue weighted by Crippen LogP contribution is 2.06. The van der Waals surface area contributed by atoms with Crippen molar-refractivity contribution < 1.29 is 19.5 Å². The van der Waals surface area contributed by atoms with Gasteiger partial charge in [-0.25, -0.2) is 4.79 Å². The summed E-state index contributed by atoms with van der Waals surface area (Å²) in [5, 5.41) is 11.2. The summed E-state index contributed by atoms with van der Waals surface area (Å²) in [6, 6.07) is -0.656. The van der Waals surface area contributed by atoms with Gasteiger partial charge < -0.3 is 20.2 Å². The second-order valence-electron chi connectivity index (χ2n) is 4.09. The highest BCUT2D eigenvalue weighted by atomic mass is 16.4. The first-order valence-corrected chi connectivity index (χ1v) is 5.77. The van der Waals surface area contributed by atoms with Crippen LogP contribution in [0.5, 0.6) is 0 Å². The molecule has 0 aliphatic rings. The van der Waals surface area contributed by atoms with Crippen molar-refractivity contribution in [3.8, 4) is 0 Å². The van der Waals surface area contributed by atoms with Crippen molar-refractivity contribution in [1.29, 1.82) is 0 Å². The van der Waals surface area contributed by atoms with Gasteiger partial charge >= 0.3 is 12.0 Å². The van der Waals surface area contributed by atoms with Crippen LogP contribution in [0.25, 0.3) is 0 Å². The maximum atomic E-state index is 12.0. The van der Waals surface area contributed by atoms with Gasteiger partial charge in [0.25, 0.3) is 0 Å². The van der Waals surface area contributed by atoms with E-state index in [1.807, 2.05) is 6.92 Å². The minimum absolute atomic E-state index is 0.0954. The monoisotopic (exact) mass is 259 g/mol. The first-order chi connectivity index (χ1) is 8.33.